The second-order valence-electron chi connectivity index (χ2n) is 7.10. The summed E-state index contributed by atoms with van der Waals surface area (Å²) in [7, 11) is 0. The predicted octanol–water partition coefficient (Wildman–Crippen LogP) is 6.99. The number of allylic oxidation sites excluding steroid dienone is 2. The van der Waals surface area contributed by atoms with E-state index in [1.807, 2.05) is 0 Å². The van der Waals surface area contributed by atoms with Crippen LogP contribution in [-0.4, -0.2) is 17.9 Å². The van der Waals surface area contributed by atoms with E-state index in [2.05, 4.69) is 5.32 Å². The lowest BCUT2D eigenvalue weighted by molar-refractivity contribution is -0.121. The van der Waals surface area contributed by atoms with Crippen LogP contribution in [0.5, 0.6) is 0 Å². The molecule has 0 aromatic heterocycles. The summed E-state index contributed by atoms with van der Waals surface area (Å²) in [5.74, 6) is -0.894. The van der Waals surface area contributed by atoms with Gasteiger partial charge in [0.15, 0.2) is 5.78 Å². The van der Waals surface area contributed by atoms with Crippen LogP contribution in [0.15, 0.2) is 36.4 Å². The number of hydrogen-bond acceptors (Lipinski definition) is 2. The minimum Gasteiger partial charge on any atom is -0.349 e. The van der Waals surface area contributed by atoms with Crippen molar-refractivity contribution in [3.63, 3.8) is 0 Å². The number of nitrogens with one attached hydrogen (secondary N) is 1. The van der Waals surface area contributed by atoms with Gasteiger partial charge in [-0.15, -0.1) is 0 Å². The Labute approximate surface area is 192 Å². The molecule has 0 radical (unpaired) electrons. The van der Waals surface area contributed by atoms with E-state index in [0.717, 1.165) is 23.3 Å². The molecule has 1 unspecified atom stereocenters. The first-order chi connectivity index (χ1) is 14.5. The molecule has 3 rings (SSSR count). The SMILES string of the molecule is CCC(=O)NC1CCc2cc(C(=O)/C=C(/c3cc(Cl)c(Cl)c(Cl)c3)C(F)(F)F)ccc21. The van der Waals surface area contributed by atoms with Crippen molar-refractivity contribution in [1.29, 1.82) is 0 Å². The number of ketones is 1. The summed E-state index contributed by atoms with van der Waals surface area (Å²) < 4.78 is 41.1. The van der Waals surface area contributed by atoms with Gasteiger partial charge in [-0.3, -0.25) is 9.59 Å². The molecule has 1 amide bonds. The maximum atomic E-state index is 13.7. The number of rotatable bonds is 5. The summed E-state index contributed by atoms with van der Waals surface area (Å²) >= 11 is 17.5. The molecule has 1 atom stereocenters. The van der Waals surface area contributed by atoms with Crippen LogP contribution in [0, 0.1) is 0 Å². The minimum absolute atomic E-state index is 0.0664. The Morgan fingerprint density at radius 1 is 1.10 bits per heavy atom. The van der Waals surface area contributed by atoms with Crippen LogP contribution in [0.1, 0.15) is 52.9 Å². The molecule has 1 aliphatic rings. The van der Waals surface area contributed by atoms with E-state index in [-0.39, 0.29) is 38.1 Å². The van der Waals surface area contributed by atoms with Gasteiger partial charge in [0, 0.05) is 12.0 Å². The highest BCUT2D eigenvalue weighted by Crippen LogP contribution is 2.40. The second-order valence-corrected chi connectivity index (χ2v) is 8.29. The molecule has 0 fully saturated rings. The Morgan fingerprint density at radius 2 is 1.74 bits per heavy atom. The molecule has 0 heterocycles. The van der Waals surface area contributed by atoms with E-state index in [1.165, 1.54) is 6.07 Å². The first kappa shape index (κ1) is 23.6. The third-order valence-electron chi connectivity index (χ3n) is 5.04. The van der Waals surface area contributed by atoms with Crippen LogP contribution in [-0.2, 0) is 11.2 Å². The lowest BCUT2D eigenvalue weighted by atomic mass is 9.98. The van der Waals surface area contributed by atoms with Crippen molar-refractivity contribution in [3.8, 4) is 0 Å². The fourth-order valence-corrected chi connectivity index (χ4v) is 4.07. The Kier molecular flexibility index (Phi) is 7.04. The average molecular weight is 491 g/mol. The maximum absolute atomic E-state index is 13.7. The molecule has 31 heavy (non-hydrogen) atoms. The predicted molar refractivity (Wildman–Crippen MR) is 116 cm³/mol. The average Bonchev–Trinajstić information content (AvgIpc) is 3.10. The third kappa shape index (κ3) is 5.25. The zero-order valence-corrected chi connectivity index (χ0v) is 18.5. The number of halogens is 6. The first-order valence-corrected chi connectivity index (χ1v) is 10.5. The normalized spacial score (nSPS) is 16.2. The van der Waals surface area contributed by atoms with E-state index >= 15 is 0 Å². The quantitative estimate of drug-likeness (QED) is 0.279. The van der Waals surface area contributed by atoms with Crippen molar-refractivity contribution in [2.45, 2.75) is 38.4 Å². The Bertz CT molecular complexity index is 1060. The molecule has 2 aromatic carbocycles. The maximum Gasteiger partial charge on any atom is 0.417 e. The smallest absolute Gasteiger partial charge is 0.349 e. The van der Waals surface area contributed by atoms with Gasteiger partial charge in [0.25, 0.3) is 0 Å². The van der Waals surface area contributed by atoms with Crippen molar-refractivity contribution < 1.29 is 22.8 Å². The summed E-state index contributed by atoms with van der Waals surface area (Å²) in [5.41, 5.74) is 0.283. The van der Waals surface area contributed by atoms with Crippen LogP contribution in [0.4, 0.5) is 13.2 Å². The molecule has 0 aliphatic heterocycles. The Balaban J connectivity index is 1.95. The molecule has 9 heteroatoms. The second kappa shape index (κ2) is 9.23. The van der Waals surface area contributed by atoms with Gasteiger partial charge in [0.05, 0.1) is 26.7 Å². The van der Waals surface area contributed by atoms with Gasteiger partial charge >= 0.3 is 6.18 Å². The zero-order valence-electron chi connectivity index (χ0n) is 16.2. The summed E-state index contributed by atoms with van der Waals surface area (Å²) in [6.07, 6.45) is -2.65. The van der Waals surface area contributed by atoms with Crippen molar-refractivity contribution in [2.24, 2.45) is 0 Å². The van der Waals surface area contributed by atoms with Gasteiger partial charge in [0.2, 0.25) is 5.91 Å². The van der Waals surface area contributed by atoms with Gasteiger partial charge in [-0.2, -0.15) is 13.2 Å². The fraction of sp³-hybridized carbons (Fsp3) is 0.273. The van der Waals surface area contributed by atoms with Crippen molar-refractivity contribution in [2.75, 3.05) is 0 Å². The number of carbonyl (C=O) groups is 2. The fourth-order valence-electron chi connectivity index (χ4n) is 3.47. The van der Waals surface area contributed by atoms with Crippen LogP contribution >= 0.6 is 34.8 Å². The molecule has 3 nitrogen and oxygen atoms in total. The zero-order chi connectivity index (χ0) is 22.9. The van der Waals surface area contributed by atoms with E-state index in [0.29, 0.717) is 25.3 Å². The number of amides is 1. The van der Waals surface area contributed by atoms with E-state index in [9.17, 15) is 22.8 Å². The standard InChI is InChI=1S/C22H17Cl3F3NO2/c1-2-20(31)29-18-6-4-11-7-12(3-5-14(11)18)19(30)10-15(22(26,27)28)13-8-16(23)21(25)17(24)9-13/h3,5,7-10,18H,2,4,6H2,1H3,(H,29,31)/b15-10-. The summed E-state index contributed by atoms with van der Waals surface area (Å²) in [4.78, 5) is 24.3. The monoisotopic (exact) mass is 489 g/mol. The molecule has 164 valence electrons. The molecule has 0 spiro atoms. The highest BCUT2D eigenvalue weighted by atomic mass is 35.5. The van der Waals surface area contributed by atoms with E-state index in [4.69, 9.17) is 34.8 Å². The number of aryl methyl sites for hydroxylation is 1. The van der Waals surface area contributed by atoms with Gasteiger partial charge in [-0.05, 0) is 53.8 Å². The van der Waals surface area contributed by atoms with Crippen molar-refractivity contribution in [3.05, 3.63) is 73.7 Å². The van der Waals surface area contributed by atoms with E-state index in [1.54, 1.807) is 19.1 Å². The van der Waals surface area contributed by atoms with Crippen molar-refractivity contribution in [1.82, 2.24) is 5.32 Å². The number of benzene rings is 2. The highest BCUT2D eigenvalue weighted by molar-refractivity contribution is 6.48. The number of alkyl halides is 3. The molecular formula is C22H17Cl3F3NO2. The molecule has 2 aromatic rings. The molecule has 0 saturated carbocycles. The molecule has 1 N–H and O–H groups in total. The van der Waals surface area contributed by atoms with Crippen LogP contribution in [0.2, 0.25) is 15.1 Å². The largest absolute Gasteiger partial charge is 0.417 e. The number of hydrogen-bond donors (Lipinski definition) is 1. The summed E-state index contributed by atoms with van der Waals surface area (Å²) in [6.45, 7) is 1.75. The molecule has 1 aliphatic carbocycles. The van der Waals surface area contributed by atoms with Gasteiger partial charge in [-0.1, -0.05) is 53.9 Å². The summed E-state index contributed by atoms with van der Waals surface area (Å²) in [6, 6.07) is 6.59. The molecular weight excluding hydrogens is 474 g/mol. The van der Waals surface area contributed by atoms with Crippen molar-refractivity contribution >= 4 is 52.1 Å². The van der Waals surface area contributed by atoms with Crippen LogP contribution < -0.4 is 5.32 Å². The summed E-state index contributed by atoms with van der Waals surface area (Å²) in [5, 5.41) is 2.54. The number of carbonyl (C=O) groups excluding carboxylic acids is 2. The van der Waals surface area contributed by atoms with Crippen LogP contribution in [0.3, 0.4) is 0 Å². The lowest BCUT2D eigenvalue weighted by Crippen LogP contribution is -2.26. The lowest BCUT2D eigenvalue weighted by Gasteiger charge is -2.14. The highest BCUT2D eigenvalue weighted by Gasteiger charge is 2.36. The Hall–Kier alpha value is -2.02. The van der Waals surface area contributed by atoms with Gasteiger partial charge in [0.1, 0.15) is 0 Å². The first-order valence-electron chi connectivity index (χ1n) is 9.41. The molecule has 0 saturated heterocycles. The minimum atomic E-state index is -4.82. The van der Waals surface area contributed by atoms with Crippen LogP contribution in [0.25, 0.3) is 5.57 Å². The Morgan fingerprint density at radius 3 is 2.32 bits per heavy atom. The number of fused-ring (bicyclic) bond motifs is 1. The van der Waals surface area contributed by atoms with Gasteiger partial charge in [-0.25, -0.2) is 0 Å². The van der Waals surface area contributed by atoms with Gasteiger partial charge < -0.3 is 5.32 Å². The topological polar surface area (TPSA) is 46.2 Å². The molecule has 0 bridgehead atoms. The van der Waals surface area contributed by atoms with E-state index < -0.39 is 17.5 Å². The third-order valence-corrected chi connectivity index (χ3v) is 6.23.